The highest BCUT2D eigenvalue weighted by molar-refractivity contribution is 7.91. The molecule has 2 fully saturated rings. The van der Waals surface area contributed by atoms with Crippen LogP contribution in [0.25, 0.3) is 0 Å². The van der Waals surface area contributed by atoms with Gasteiger partial charge in [0.1, 0.15) is 0 Å². The van der Waals surface area contributed by atoms with E-state index in [0.29, 0.717) is 18.6 Å². The molecule has 2 heterocycles. The molecule has 1 atom stereocenters. The predicted molar refractivity (Wildman–Crippen MR) is 99.8 cm³/mol. The first-order chi connectivity index (χ1) is 12.3. The minimum absolute atomic E-state index is 0.0784. The van der Waals surface area contributed by atoms with Crippen LogP contribution in [0.4, 0.5) is 5.69 Å². The zero-order valence-corrected chi connectivity index (χ0v) is 15.6. The fourth-order valence-corrected chi connectivity index (χ4v) is 5.23. The normalized spacial score (nSPS) is 22.7. The molecule has 7 nitrogen and oxygen atoms in total. The number of hydrazone groups is 1. The lowest BCUT2D eigenvalue weighted by molar-refractivity contribution is -0.121. The summed E-state index contributed by atoms with van der Waals surface area (Å²) in [6, 6.07) is 7.51. The topological polar surface area (TPSA) is 95.9 Å². The van der Waals surface area contributed by atoms with Crippen LogP contribution in [0.2, 0.25) is 0 Å². The second-order valence-corrected chi connectivity index (χ2v) is 9.13. The van der Waals surface area contributed by atoms with E-state index < -0.39 is 9.84 Å². The number of nitrogens with one attached hydrogen (secondary N) is 1. The average molecular weight is 377 g/mol. The lowest BCUT2D eigenvalue weighted by Gasteiger charge is -2.16. The summed E-state index contributed by atoms with van der Waals surface area (Å²) >= 11 is 0. The number of hydrogen-bond acceptors (Lipinski definition) is 5. The van der Waals surface area contributed by atoms with Gasteiger partial charge >= 0.3 is 0 Å². The highest BCUT2D eigenvalue weighted by atomic mass is 32.2. The average Bonchev–Trinajstić information content (AvgIpc) is 3.17. The molecule has 0 aromatic heterocycles. The molecule has 1 aromatic rings. The fraction of sp³-hybridized carbons (Fsp3) is 0.500. The van der Waals surface area contributed by atoms with Crippen LogP contribution >= 0.6 is 0 Å². The van der Waals surface area contributed by atoms with Crippen LogP contribution in [0.3, 0.4) is 0 Å². The van der Waals surface area contributed by atoms with E-state index in [-0.39, 0.29) is 35.7 Å². The van der Waals surface area contributed by atoms with Crippen LogP contribution in [0, 0.1) is 5.92 Å². The molecule has 2 saturated heterocycles. The SMILES string of the molecule is C/C(=N/NC(=O)C[C@@H]1CCS(=O)(=O)C1)c1cccc(N2CCCC2=O)c1. The summed E-state index contributed by atoms with van der Waals surface area (Å²) in [4.78, 5) is 25.6. The van der Waals surface area contributed by atoms with E-state index in [4.69, 9.17) is 0 Å². The molecule has 1 N–H and O–H groups in total. The van der Waals surface area contributed by atoms with Gasteiger partial charge in [-0.25, -0.2) is 13.8 Å². The third-order valence-electron chi connectivity index (χ3n) is 4.80. The van der Waals surface area contributed by atoms with E-state index in [0.717, 1.165) is 24.2 Å². The fourth-order valence-electron chi connectivity index (χ4n) is 3.37. The minimum Gasteiger partial charge on any atom is -0.312 e. The van der Waals surface area contributed by atoms with Gasteiger partial charge in [-0.2, -0.15) is 5.10 Å². The summed E-state index contributed by atoms with van der Waals surface area (Å²) in [6.07, 6.45) is 2.13. The maximum atomic E-state index is 12.0. The Morgan fingerprint density at radius 1 is 1.38 bits per heavy atom. The van der Waals surface area contributed by atoms with Crippen LogP contribution in [0.1, 0.15) is 38.2 Å². The van der Waals surface area contributed by atoms with Gasteiger partial charge in [-0.05, 0) is 43.4 Å². The second kappa shape index (κ2) is 7.57. The van der Waals surface area contributed by atoms with E-state index in [1.54, 1.807) is 11.8 Å². The van der Waals surface area contributed by atoms with E-state index >= 15 is 0 Å². The van der Waals surface area contributed by atoms with Gasteiger partial charge < -0.3 is 4.90 Å². The highest BCUT2D eigenvalue weighted by Crippen LogP contribution is 2.23. The number of nitrogens with zero attached hydrogens (tertiary/aromatic N) is 2. The summed E-state index contributed by atoms with van der Waals surface area (Å²) in [5, 5.41) is 4.12. The molecule has 26 heavy (non-hydrogen) atoms. The molecule has 8 heteroatoms. The Labute approximate surface area is 153 Å². The quantitative estimate of drug-likeness (QED) is 0.621. The summed E-state index contributed by atoms with van der Waals surface area (Å²) in [5.41, 5.74) is 4.80. The van der Waals surface area contributed by atoms with Gasteiger partial charge in [-0.1, -0.05) is 12.1 Å². The molecule has 0 aliphatic carbocycles. The molecular weight excluding hydrogens is 354 g/mol. The van der Waals surface area contributed by atoms with Crippen LogP contribution < -0.4 is 10.3 Å². The largest absolute Gasteiger partial charge is 0.312 e. The van der Waals surface area contributed by atoms with Crippen LogP contribution in [-0.4, -0.2) is 44.0 Å². The van der Waals surface area contributed by atoms with Crippen molar-refractivity contribution in [3.8, 4) is 0 Å². The lowest BCUT2D eigenvalue weighted by Crippen LogP contribution is -2.24. The summed E-state index contributed by atoms with van der Waals surface area (Å²) < 4.78 is 22.9. The highest BCUT2D eigenvalue weighted by Gasteiger charge is 2.29. The van der Waals surface area contributed by atoms with E-state index in [2.05, 4.69) is 10.5 Å². The van der Waals surface area contributed by atoms with Gasteiger partial charge in [0.05, 0.1) is 17.2 Å². The molecule has 0 bridgehead atoms. The first-order valence-electron chi connectivity index (χ1n) is 8.78. The van der Waals surface area contributed by atoms with Crippen molar-refractivity contribution in [2.24, 2.45) is 11.0 Å². The maximum Gasteiger partial charge on any atom is 0.240 e. The molecular formula is C18H23N3O4S. The van der Waals surface area contributed by atoms with E-state index in [9.17, 15) is 18.0 Å². The number of anilines is 1. The summed E-state index contributed by atoms with van der Waals surface area (Å²) in [7, 11) is -2.98. The number of amides is 2. The van der Waals surface area contributed by atoms with Crippen molar-refractivity contribution in [1.82, 2.24) is 5.43 Å². The molecule has 0 saturated carbocycles. The maximum absolute atomic E-state index is 12.0. The zero-order valence-electron chi connectivity index (χ0n) is 14.8. The Kier molecular flexibility index (Phi) is 5.41. The van der Waals surface area contributed by atoms with Gasteiger partial charge in [-0.15, -0.1) is 0 Å². The second-order valence-electron chi connectivity index (χ2n) is 6.90. The summed E-state index contributed by atoms with van der Waals surface area (Å²) in [5.74, 6) is -0.0431. The molecule has 3 rings (SSSR count). The Morgan fingerprint density at radius 2 is 2.19 bits per heavy atom. The van der Waals surface area contributed by atoms with Gasteiger partial charge in [0.25, 0.3) is 0 Å². The smallest absolute Gasteiger partial charge is 0.240 e. The van der Waals surface area contributed by atoms with Crippen molar-refractivity contribution in [1.29, 1.82) is 0 Å². The number of carbonyl (C=O) groups excluding carboxylic acids is 2. The van der Waals surface area contributed by atoms with Crippen LogP contribution in [0.5, 0.6) is 0 Å². The first kappa shape index (κ1) is 18.6. The van der Waals surface area contributed by atoms with Crippen molar-refractivity contribution < 1.29 is 18.0 Å². The number of sulfone groups is 1. The number of carbonyl (C=O) groups is 2. The van der Waals surface area contributed by atoms with E-state index in [1.165, 1.54) is 0 Å². The van der Waals surface area contributed by atoms with Crippen LogP contribution in [0.15, 0.2) is 29.4 Å². The number of rotatable bonds is 5. The molecule has 0 radical (unpaired) electrons. The Hall–Kier alpha value is -2.22. The molecule has 2 aliphatic rings. The monoisotopic (exact) mass is 377 g/mol. The van der Waals surface area contributed by atoms with Gasteiger partial charge in [0, 0.05) is 25.1 Å². The molecule has 1 aromatic carbocycles. The Bertz CT molecular complexity index is 848. The lowest BCUT2D eigenvalue weighted by atomic mass is 10.1. The molecule has 0 unspecified atom stereocenters. The third kappa shape index (κ3) is 4.49. The third-order valence-corrected chi connectivity index (χ3v) is 6.64. The molecule has 2 amide bonds. The van der Waals surface area contributed by atoms with Crippen molar-refractivity contribution in [3.63, 3.8) is 0 Å². The minimum atomic E-state index is -2.98. The Morgan fingerprint density at radius 3 is 2.85 bits per heavy atom. The van der Waals surface area contributed by atoms with Crippen LogP contribution in [-0.2, 0) is 19.4 Å². The van der Waals surface area contributed by atoms with Crippen molar-refractivity contribution in [2.75, 3.05) is 23.0 Å². The van der Waals surface area contributed by atoms with Gasteiger partial charge in [-0.3, -0.25) is 9.59 Å². The predicted octanol–water partition coefficient (Wildman–Crippen LogP) is 1.48. The zero-order chi connectivity index (χ0) is 18.7. The number of hydrogen-bond donors (Lipinski definition) is 1. The van der Waals surface area contributed by atoms with Gasteiger partial charge in [0.2, 0.25) is 11.8 Å². The van der Waals surface area contributed by atoms with Crippen molar-refractivity contribution in [2.45, 2.75) is 32.6 Å². The van der Waals surface area contributed by atoms with Crippen molar-refractivity contribution in [3.05, 3.63) is 29.8 Å². The first-order valence-corrected chi connectivity index (χ1v) is 10.6. The summed E-state index contributed by atoms with van der Waals surface area (Å²) in [6.45, 7) is 2.50. The molecule has 0 spiro atoms. The number of benzene rings is 1. The van der Waals surface area contributed by atoms with E-state index in [1.807, 2.05) is 24.3 Å². The standard InChI is InChI=1S/C18H23N3O4S/c1-13(19-20-17(22)10-14-7-9-26(24,25)12-14)15-4-2-5-16(11-15)21-8-3-6-18(21)23/h2,4-5,11,14H,3,6-10,12H2,1H3,(H,20,22)/b19-13-/t14-/m0/s1. The molecule has 2 aliphatic heterocycles. The molecule has 140 valence electrons. The van der Waals surface area contributed by atoms with Gasteiger partial charge in [0.15, 0.2) is 9.84 Å². The Balaban J connectivity index is 1.61. The van der Waals surface area contributed by atoms with Crippen molar-refractivity contribution >= 4 is 33.1 Å².